The fraction of sp³-hybridized carbons (Fsp3) is 0.385. The molecule has 1 heterocycles. The number of halogens is 3. The van der Waals surface area contributed by atoms with E-state index in [1.807, 2.05) is 0 Å². The van der Waals surface area contributed by atoms with E-state index >= 15 is 0 Å². The predicted molar refractivity (Wildman–Crippen MR) is 85.0 cm³/mol. The van der Waals surface area contributed by atoms with Gasteiger partial charge in [-0.25, -0.2) is 4.79 Å². The number of carbonyl (C=O) groups excluding carboxylic acids is 1. The Labute approximate surface area is 140 Å². The van der Waals surface area contributed by atoms with Gasteiger partial charge in [-0.1, -0.05) is 30.1 Å². The minimum Gasteiger partial charge on any atom is -0.481 e. The van der Waals surface area contributed by atoms with Crippen molar-refractivity contribution >= 4 is 56.8 Å². The lowest BCUT2D eigenvalue weighted by atomic mass is 9.87. The van der Waals surface area contributed by atoms with Gasteiger partial charge in [-0.2, -0.15) is 0 Å². The Morgan fingerprint density at radius 3 is 2.57 bits per heavy atom. The van der Waals surface area contributed by atoms with E-state index in [0.29, 0.717) is 28.3 Å². The third-order valence-electron chi connectivity index (χ3n) is 3.57. The van der Waals surface area contributed by atoms with E-state index in [1.54, 1.807) is 19.1 Å². The van der Waals surface area contributed by atoms with Crippen LogP contribution in [0.5, 0.6) is 0 Å². The smallest absolute Gasteiger partial charge is 0.321 e. The van der Waals surface area contributed by atoms with Crippen LogP contribution in [0.1, 0.15) is 6.92 Å². The number of urea groups is 1. The third-order valence-corrected chi connectivity index (χ3v) is 5.34. The average Bonchev–Trinajstić information content (AvgIpc) is 2.37. The van der Waals surface area contributed by atoms with Crippen LogP contribution < -0.4 is 5.32 Å². The van der Waals surface area contributed by atoms with Crippen molar-refractivity contribution in [1.29, 1.82) is 0 Å². The second-order valence-electron chi connectivity index (χ2n) is 4.95. The maximum atomic E-state index is 12.0. The Balaban J connectivity index is 1.96. The molecule has 1 aromatic rings. The minimum absolute atomic E-state index is 0.0165. The highest BCUT2D eigenvalue weighted by molar-refractivity contribution is 9.10. The van der Waals surface area contributed by atoms with E-state index in [1.165, 1.54) is 4.90 Å². The molecule has 21 heavy (non-hydrogen) atoms. The molecule has 1 saturated heterocycles. The number of carboxylic acid groups (broad SMARTS) is 1. The van der Waals surface area contributed by atoms with Crippen LogP contribution in [0.3, 0.4) is 0 Å². The fourth-order valence-corrected chi connectivity index (χ4v) is 2.83. The molecule has 1 aromatic carbocycles. The molecule has 5 nitrogen and oxygen atoms in total. The fourth-order valence-electron chi connectivity index (χ4n) is 2.01. The highest BCUT2D eigenvalue weighted by atomic mass is 79.9. The Kier molecular flexibility index (Phi) is 5.01. The zero-order valence-electron chi connectivity index (χ0n) is 11.1. The first-order valence-corrected chi connectivity index (χ1v) is 7.78. The van der Waals surface area contributed by atoms with Crippen molar-refractivity contribution < 1.29 is 14.7 Å². The summed E-state index contributed by atoms with van der Waals surface area (Å²) >= 11 is 15.3. The summed E-state index contributed by atoms with van der Waals surface area (Å²) in [7, 11) is 0. The van der Waals surface area contributed by atoms with Gasteiger partial charge in [-0.15, -0.1) is 0 Å². The zero-order valence-corrected chi connectivity index (χ0v) is 14.2. The van der Waals surface area contributed by atoms with Crippen molar-refractivity contribution in [3.05, 3.63) is 26.7 Å². The van der Waals surface area contributed by atoms with E-state index < -0.39 is 11.9 Å². The summed E-state index contributed by atoms with van der Waals surface area (Å²) in [6.45, 7) is 2.48. The number of amides is 2. The summed E-state index contributed by atoms with van der Waals surface area (Å²) in [6, 6.07) is 3.02. The lowest BCUT2D eigenvalue weighted by molar-refractivity contribution is -0.144. The molecule has 8 heteroatoms. The molecule has 0 aliphatic carbocycles. The number of aliphatic carboxylic acids is 1. The van der Waals surface area contributed by atoms with Crippen LogP contribution in [0, 0.1) is 11.8 Å². The quantitative estimate of drug-likeness (QED) is 0.761. The van der Waals surface area contributed by atoms with Gasteiger partial charge in [-0.3, -0.25) is 4.79 Å². The molecule has 1 unspecified atom stereocenters. The van der Waals surface area contributed by atoms with Crippen LogP contribution in [-0.4, -0.2) is 35.1 Å². The van der Waals surface area contributed by atoms with Gasteiger partial charge >= 0.3 is 12.0 Å². The van der Waals surface area contributed by atoms with Crippen LogP contribution in [0.2, 0.25) is 10.0 Å². The number of nitrogens with zero attached hydrogens (tertiary/aromatic N) is 1. The molecule has 2 amide bonds. The van der Waals surface area contributed by atoms with Crippen molar-refractivity contribution in [1.82, 2.24) is 4.90 Å². The van der Waals surface area contributed by atoms with Gasteiger partial charge in [0.2, 0.25) is 0 Å². The molecule has 1 fully saturated rings. The second kappa shape index (κ2) is 6.42. The second-order valence-corrected chi connectivity index (χ2v) is 6.56. The van der Waals surface area contributed by atoms with E-state index in [9.17, 15) is 9.59 Å². The minimum atomic E-state index is -0.845. The van der Waals surface area contributed by atoms with Gasteiger partial charge in [0.25, 0.3) is 0 Å². The molecule has 1 atom stereocenters. The normalized spacial score (nSPS) is 16.3. The van der Waals surface area contributed by atoms with Crippen molar-refractivity contribution in [3.8, 4) is 0 Å². The summed E-state index contributed by atoms with van der Waals surface area (Å²) < 4.78 is 0.645. The summed E-state index contributed by atoms with van der Waals surface area (Å²) in [5, 5.41) is 12.2. The van der Waals surface area contributed by atoms with Crippen molar-refractivity contribution in [2.45, 2.75) is 6.92 Å². The number of rotatable bonds is 3. The molecule has 0 bridgehead atoms. The summed E-state index contributed by atoms with van der Waals surface area (Å²) in [5.74, 6) is -1.32. The number of hydrogen-bond acceptors (Lipinski definition) is 2. The standard InChI is InChI=1S/C13H13BrCl2N2O3/c1-6(12(19)20)7-4-18(5-7)13(21)17-9-3-2-8(14)10(15)11(9)16/h2-3,6-7H,4-5H2,1H3,(H,17,21)(H,19,20). The Morgan fingerprint density at radius 2 is 2.00 bits per heavy atom. The summed E-state index contributed by atoms with van der Waals surface area (Å²) in [4.78, 5) is 24.4. The first-order chi connectivity index (χ1) is 9.81. The molecule has 0 radical (unpaired) electrons. The molecule has 1 aliphatic rings. The van der Waals surface area contributed by atoms with Crippen LogP contribution in [0.4, 0.5) is 10.5 Å². The number of nitrogens with one attached hydrogen (secondary N) is 1. The lowest BCUT2D eigenvalue weighted by Gasteiger charge is -2.41. The molecule has 1 aliphatic heterocycles. The van der Waals surface area contributed by atoms with E-state index in [2.05, 4.69) is 21.2 Å². The Hall–Kier alpha value is -0.980. The highest BCUT2D eigenvalue weighted by Crippen LogP contribution is 2.36. The number of benzene rings is 1. The maximum Gasteiger partial charge on any atom is 0.321 e. The summed E-state index contributed by atoms with van der Waals surface area (Å²) in [6.07, 6.45) is 0. The van der Waals surface area contributed by atoms with Crippen molar-refractivity contribution in [2.75, 3.05) is 18.4 Å². The first kappa shape index (κ1) is 16.4. The zero-order chi connectivity index (χ0) is 15.7. The number of carboxylic acids is 1. The Bertz CT molecular complexity index is 591. The maximum absolute atomic E-state index is 12.0. The van der Waals surface area contributed by atoms with Gasteiger partial charge in [0.05, 0.1) is 21.7 Å². The van der Waals surface area contributed by atoms with Gasteiger partial charge in [-0.05, 0) is 28.1 Å². The van der Waals surface area contributed by atoms with Crippen LogP contribution in [0.15, 0.2) is 16.6 Å². The molecule has 2 rings (SSSR count). The molecule has 0 spiro atoms. The SMILES string of the molecule is CC(C(=O)O)C1CN(C(=O)Nc2ccc(Br)c(Cl)c2Cl)C1. The van der Waals surface area contributed by atoms with Crippen LogP contribution >= 0.6 is 39.1 Å². The largest absolute Gasteiger partial charge is 0.481 e. The average molecular weight is 396 g/mol. The predicted octanol–water partition coefficient (Wildman–Crippen LogP) is 3.94. The van der Waals surface area contributed by atoms with Gasteiger partial charge < -0.3 is 15.3 Å². The molecular formula is C13H13BrCl2N2O3. The van der Waals surface area contributed by atoms with Crippen LogP contribution in [-0.2, 0) is 4.79 Å². The van der Waals surface area contributed by atoms with Crippen molar-refractivity contribution in [3.63, 3.8) is 0 Å². The number of carbonyl (C=O) groups is 2. The Morgan fingerprint density at radius 1 is 1.38 bits per heavy atom. The molecule has 0 saturated carbocycles. The first-order valence-electron chi connectivity index (χ1n) is 6.23. The molecule has 114 valence electrons. The van der Waals surface area contributed by atoms with E-state index in [4.69, 9.17) is 28.3 Å². The number of likely N-dealkylation sites (tertiary alicyclic amines) is 1. The van der Waals surface area contributed by atoms with Crippen molar-refractivity contribution in [2.24, 2.45) is 11.8 Å². The molecular weight excluding hydrogens is 383 g/mol. The van der Waals surface area contributed by atoms with Gasteiger partial charge in [0.1, 0.15) is 0 Å². The van der Waals surface area contributed by atoms with Gasteiger partial charge in [0.15, 0.2) is 0 Å². The third kappa shape index (κ3) is 3.44. The number of anilines is 1. The van der Waals surface area contributed by atoms with Crippen LogP contribution in [0.25, 0.3) is 0 Å². The topological polar surface area (TPSA) is 69.6 Å². The number of hydrogen-bond donors (Lipinski definition) is 2. The van der Waals surface area contributed by atoms with Gasteiger partial charge in [0, 0.05) is 23.5 Å². The lowest BCUT2D eigenvalue weighted by Crippen LogP contribution is -2.54. The summed E-state index contributed by atoms with van der Waals surface area (Å²) in [5.41, 5.74) is 0.421. The van der Waals surface area contributed by atoms with E-state index in [0.717, 1.165) is 0 Å². The monoisotopic (exact) mass is 394 g/mol. The highest BCUT2D eigenvalue weighted by Gasteiger charge is 2.37. The molecule has 2 N–H and O–H groups in total. The van der Waals surface area contributed by atoms with E-state index in [-0.39, 0.29) is 17.0 Å². The molecule has 0 aromatic heterocycles.